The lowest BCUT2D eigenvalue weighted by Crippen LogP contribution is -2.15. The van der Waals surface area contributed by atoms with E-state index in [-0.39, 0.29) is 15.8 Å². The van der Waals surface area contributed by atoms with Crippen LogP contribution in [-0.4, -0.2) is 24.1 Å². The molecule has 0 aliphatic carbocycles. The van der Waals surface area contributed by atoms with Crippen LogP contribution in [0.15, 0.2) is 29.2 Å². The van der Waals surface area contributed by atoms with Crippen LogP contribution in [-0.2, 0) is 9.84 Å². The molecule has 5 nitrogen and oxygen atoms in total. The van der Waals surface area contributed by atoms with Gasteiger partial charge in [-0.15, -0.1) is 5.23 Å². The van der Waals surface area contributed by atoms with Crippen molar-refractivity contribution in [2.45, 2.75) is 24.0 Å². The van der Waals surface area contributed by atoms with Gasteiger partial charge in [-0.1, -0.05) is 0 Å². The average Bonchev–Trinajstić information content (AvgIpc) is 2.17. The third-order valence-corrected chi connectivity index (χ3v) is 4.19. The van der Waals surface area contributed by atoms with Gasteiger partial charge in [-0.3, -0.25) is 10.4 Å². The van der Waals surface area contributed by atoms with Crippen molar-refractivity contribution in [1.29, 1.82) is 0 Å². The normalized spacial score (nSPS) is 11.8. The maximum Gasteiger partial charge on any atom is 0.180 e. The summed E-state index contributed by atoms with van der Waals surface area (Å²) < 4.78 is 23.3. The molecule has 0 radical (unpaired) electrons. The Morgan fingerprint density at radius 3 is 1.93 bits per heavy atom. The van der Waals surface area contributed by atoms with Gasteiger partial charge in [-0.2, -0.15) is 0 Å². The molecule has 1 rings (SSSR count). The molecular formula is C9H13NO4S. The second-order valence-corrected chi connectivity index (χ2v) is 5.88. The molecule has 1 aromatic carbocycles. The van der Waals surface area contributed by atoms with Crippen molar-refractivity contribution >= 4 is 15.5 Å². The van der Waals surface area contributed by atoms with Gasteiger partial charge in [0.25, 0.3) is 0 Å². The summed E-state index contributed by atoms with van der Waals surface area (Å²) in [6.45, 7) is 3.18. The average molecular weight is 231 g/mol. The quantitative estimate of drug-likeness (QED) is 0.770. The first-order valence-corrected chi connectivity index (χ1v) is 5.92. The highest BCUT2D eigenvalue weighted by Crippen LogP contribution is 2.19. The predicted molar refractivity (Wildman–Crippen MR) is 54.8 cm³/mol. The lowest BCUT2D eigenvalue weighted by Gasteiger charge is -2.10. The Balaban J connectivity index is 3.10. The number of rotatable bonds is 3. The zero-order chi connectivity index (χ0) is 11.6. The Kier molecular flexibility index (Phi) is 3.33. The van der Waals surface area contributed by atoms with Gasteiger partial charge in [0.1, 0.15) is 0 Å². The minimum atomic E-state index is -3.30. The Hall–Kier alpha value is -1.11. The Bertz CT molecular complexity index is 422. The highest BCUT2D eigenvalue weighted by Gasteiger charge is 2.18. The van der Waals surface area contributed by atoms with Gasteiger partial charge < -0.3 is 0 Å². The Labute approximate surface area is 88.4 Å². The van der Waals surface area contributed by atoms with E-state index in [2.05, 4.69) is 0 Å². The molecule has 2 N–H and O–H groups in total. The lowest BCUT2D eigenvalue weighted by atomic mass is 10.3. The zero-order valence-corrected chi connectivity index (χ0v) is 9.27. The molecule has 0 spiro atoms. The van der Waals surface area contributed by atoms with E-state index in [1.54, 1.807) is 13.8 Å². The molecule has 0 aromatic heterocycles. The minimum absolute atomic E-state index is 0.0637. The van der Waals surface area contributed by atoms with E-state index in [9.17, 15) is 8.42 Å². The van der Waals surface area contributed by atoms with Gasteiger partial charge in [0.15, 0.2) is 9.84 Å². The van der Waals surface area contributed by atoms with Crippen LogP contribution in [0, 0.1) is 0 Å². The summed E-state index contributed by atoms with van der Waals surface area (Å²) in [7, 11) is -3.30. The summed E-state index contributed by atoms with van der Waals surface area (Å²) in [5.74, 6) is 0. The molecule has 0 aliphatic rings. The summed E-state index contributed by atoms with van der Waals surface area (Å²) in [6.07, 6.45) is 0. The molecule has 0 amide bonds. The maximum atomic E-state index is 11.7. The Morgan fingerprint density at radius 2 is 1.60 bits per heavy atom. The van der Waals surface area contributed by atoms with Gasteiger partial charge >= 0.3 is 0 Å². The van der Waals surface area contributed by atoms with E-state index < -0.39 is 15.1 Å². The number of nitrogens with zero attached hydrogens (tertiary/aromatic N) is 1. The molecule has 0 saturated heterocycles. The molecule has 0 fully saturated rings. The number of sulfone groups is 1. The molecule has 0 atom stereocenters. The van der Waals surface area contributed by atoms with E-state index in [1.165, 1.54) is 24.3 Å². The second kappa shape index (κ2) is 4.18. The Morgan fingerprint density at radius 1 is 1.13 bits per heavy atom. The third kappa shape index (κ3) is 2.47. The van der Waals surface area contributed by atoms with E-state index in [1.807, 2.05) is 0 Å². The number of benzene rings is 1. The fourth-order valence-electron chi connectivity index (χ4n) is 1.04. The van der Waals surface area contributed by atoms with Crippen LogP contribution in [0.25, 0.3) is 0 Å². The summed E-state index contributed by atoms with van der Waals surface area (Å²) in [6, 6.07) is 5.30. The van der Waals surface area contributed by atoms with Crippen molar-refractivity contribution in [2.75, 3.05) is 5.23 Å². The molecule has 0 aliphatic heterocycles. The van der Waals surface area contributed by atoms with E-state index in [0.29, 0.717) is 0 Å². The zero-order valence-electron chi connectivity index (χ0n) is 8.45. The number of hydrogen-bond acceptors (Lipinski definition) is 5. The number of hydrogen-bond donors (Lipinski definition) is 2. The van der Waals surface area contributed by atoms with Gasteiger partial charge in [0, 0.05) is 0 Å². The summed E-state index contributed by atoms with van der Waals surface area (Å²) in [5, 5.41) is 16.8. The van der Waals surface area contributed by atoms with Gasteiger partial charge in [0.05, 0.1) is 15.8 Å². The van der Waals surface area contributed by atoms with Gasteiger partial charge in [-0.05, 0) is 38.1 Å². The van der Waals surface area contributed by atoms with Crippen LogP contribution in [0.1, 0.15) is 13.8 Å². The fourth-order valence-corrected chi connectivity index (χ4v) is 2.10. The monoisotopic (exact) mass is 231 g/mol. The molecule has 0 saturated carbocycles. The lowest BCUT2D eigenvalue weighted by molar-refractivity contribution is 0.0291. The highest BCUT2D eigenvalue weighted by atomic mass is 32.2. The summed E-state index contributed by atoms with van der Waals surface area (Å²) in [4.78, 5) is 0.170. The van der Waals surface area contributed by atoms with Crippen molar-refractivity contribution < 1.29 is 18.8 Å². The van der Waals surface area contributed by atoms with Crippen LogP contribution in [0.4, 0.5) is 5.69 Å². The van der Waals surface area contributed by atoms with Crippen LogP contribution in [0.5, 0.6) is 0 Å². The standard InChI is InChI=1S/C9H13NO4S/c1-7(2)15(13,14)9-5-3-8(4-6-9)10(11)12/h3-7,11-12H,1-2H3. The first-order chi connectivity index (χ1) is 6.85. The first-order valence-electron chi connectivity index (χ1n) is 4.37. The minimum Gasteiger partial charge on any atom is -0.264 e. The van der Waals surface area contributed by atoms with E-state index in [0.717, 1.165) is 0 Å². The molecule has 6 heteroatoms. The van der Waals surface area contributed by atoms with Gasteiger partial charge in [-0.25, -0.2) is 8.42 Å². The molecular weight excluding hydrogens is 218 g/mol. The molecule has 0 unspecified atom stereocenters. The predicted octanol–water partition coefficient (Wildman–Crippen LogP) is 1.45. The molecule has 0 bridgehead atoms. The van der Waals surface area contributed by atoms with Gasteiger partial charge in [0.2, 0.25) is 0 Å². The molecule has 15 heavy (non-hydrogen) atoms. The van der Waals surface area contributed by atoms with Crippen LogP contribution < -0.4 is 5.23 Å². The highest BCUT2D eigenvalue weighted by molar-refractivity contribution is 7.92. The van der Waals surface area contributed by atoms with Crippen LogP contribution in [0.3, 0.4) is 0 Å². The number of anilines is 1. The second-order valence-electron chi connectivity index (χ2n) is 3.38. The largest absolute Gasteiger partial charge is 0.264 e. The topological polar surface area (TPSA) is 77.8 Å². The van der Waals surface area contributed by atoms with Crippen molar-refractivity contribution in [3.8, 4) is 0 Å². The molecule has 0 heterocycles. The van der Waals surface area contributed by atoms with Crippen molar-refractivity contribution in [3.05, 3.63) is 24.3 Å². The van der Waals surface area contributed by atoms with Crippen LogP contribution in [0.2, 0.25) is 0 Å². The summed E-state index contributed by atoms with van der Waals surface area (Å²) >= 11 is 0. The van der Waals surface area contributed by atoms with E-state index >= 15 is 0 Å². The van der Waals surface area contributed by atoms with Crippen molar-refractivity contribution in [2.24, 2.45) is 0 Å². The summed E-state index contributed by atoms with van der Waals surface area (Å²) in [5.41, 5.74) is 0.109. The fraction of sp³-hybridized carbons (Fsp3) is 0.333. The SMILES string of the molecule is CC(C)S(=O)(=O)c1ccc(N(O)O)cc1. The van der Waals surface area contributed by atoms with E-state index in [4.69, 9.17) is 10.4 Å². The smallest absolute Gasteiger partial charge is 0.180 e. The first kappa shape index (κ1) is 12.0. The van der Waals surface area contributed by atoms with Crippen LogP contribution >= 0.6 is 0 Å². The maximum absolute atomic E-state index is 11.7. The van der Waals surface area contributed by atoms with Crippen molar-refractivity contribution in [1.82, 2.24) is 0 Å². The third-order valence-electron chi connectivity index (χ3n) is 2.02. The van der Waals surface area contributed by atoms with Crippen molar-refractivity contribution in [3.63, 3.8) is 0 Å². The molecule has 84 valence electrons. The molecule has 1 aromatic rings.